The molecule has 2 aromatic rings. The van der Waals surface area contributed by atoms with E-state index in [1.165, 1.54) is 18.5 Å². The number of imidazole rings is 1. The zero-order valence-corrected chi connectivity index (χ0v) is 12.6. The molecule has 0 aliphatic carbocycles. The summed E-state index contributed by atoms with van der Waals surface area (Å²) >= 11 is 0. The number of aliphatic hydroxyl groups is 1. The van der Waals surface area contributed by atoms with Gasteiger partial charge in [-0.2, -0.15) is 0 Å². The van der Waals surface area contributed by atoms with Crippen LogP contribution >= 0.6 is 0 Å². The maximum atomic E-state index is 9.18. The molecule has 2 N–H and O–H groups in total. The van der Waals surface area contributed by atoms with Crippen molar-refractivity contribution in [2.45, 2.75) is 25.8 Å². The van der Waals surface area contributed by atoms with Crippen LogP contribution in [-0.4, -0.2) is 41.2 Å². The van der Waals surface area contributed by atoms with Crippen LogP contribution in [0.1, 0.15) is 25.0 Å². The average Bonchev–Trinajstić information content (AvgIpc) is 2.88. The maximum Gasteiger partial charge on any atom is 0.152 e. The number of fused-ring (bicyclic) bond motifs is 1. The molecule has 1 unspecified atom stereocenters. The summed E-state index contributed by atoms with van der Waals surface area (Å²) in [6, 6.07) is 6.13. The first-order chi connectivity index (χ1) is 10.3. The summed E-state index contributed by atoms with van der Waals surface area (Å²) in [5, 5.41) is 12.4. The Morgan fingerprint density at radius 1 is 1.43 bits per heavy atom. The fraction of sp³-hybridized carbons (Fsp3) is 0.562. The summed E-state index contributed by atoms with van der Waals surface area (Å²) in [5.74, 6) is 1.68. The number of anilines is 1. The average molecular weight is 288 g/mol. The third kappa shape index (κ3) is 2.89. The van der Waals surface area contributed by atoms with E-state index in [0.29, 0.717) is 5.92 Å². The zero-order chi connectivity index (χ0) is 14.7. The van der Waals surface area contributed by atoms with E-state index in [-0.39, 0.29) is 6.61 Å². The van der Waals surface area contributed by atoms with Crippen molar-refractivity contribution in [1.82, 2.24) is 14.7 Å². The number of aliphatic hydroxyl groups excluding tert-OH is 1. The van der Waals surface area contributed by atoms with Crippen molar-refractivity contribution in [3.05, 3.63) is 30.1 Å². The van der Waals surface area contributed by atoms with Gasteiger partial charge < -0.3 is 19.7 Å². The fourth-order valence-corrected chi connectivity index (χ4v) is 3.29. The van der Waals surface area contributed by atoms with E-state index in [4.69, 9.17) is 4.98 Å². The molecule has 0 aromatic carbocycles. The summed E-state index contributed by atoms with van der Waals surface area (Å²) in [6.07, 6.45) is 5.36. The minimum Gasteiger partial charge on any atom is -0.396 e. The van der Waals surface area contributed by atoms with Crippen molar-refractivity contribution >= 4 is 11.5 Å². The lowest BCUT2D eigenvalue weighted by molar-refractivity contribution is 0.244. The predicted molar refractivity (Wildman–Crippen MR) is 84.6 cm³/mol. The molecule has 0 saturated carbocycles. The number of hydrogen-bond donors (Lipinski definition) is 2. The van der Waals surface area contributed by atoms with Crippen molar-refractivity contribution in [3.63, 3.8) is 0 Å². The van der Waals surface area contributed by atoms with E-state index < -0.39 is 0 Å². The van der Waals surface area contributed by atoms with Crippen molar-refractivity contribution in [2.75, 3.05) is 31.6 Å². The molecule has 21 heavy (non-hydrogen) atoms. The highest BCUT2D eigenvalue weighted by molar-refractivity contribution is 5.56. The Morgan fingerprint density at radius 2 is 2.33 bits per heavy atom. The standard InChI is InChI=1S/C16H24N4O/c1-17-11-14-16(18-15-6-2-3-9-20(14)15)19-8-4-5-13(12-19)7-10-21/h2-3,6,9,13,17,21H,4-5,7-8,10-12H2,1H3. The smallest absolute Gasteiger partial charge is 0.152 e. The van der Waals surface area contributed by atoms with Crippen LogP contribution < -0.4 is 10.2 Å². The Bertz CT molecular complexity index is 593. The molecule has 1 aliphatic heterocycles. The lowest BCUT2D eigenvalue weighted by atomic mass is 9.95. The molecule has 0 spiro atoms. The van der Waals surface area contributed by atoms with Gasteiger partial charge in [-0.05, 0) is 44.4 Å². The van der Waals surface area contributed by atoms with Crippen LogP contribution in [0.5, 0.6) is 0 Å². The Morgan fingerprint density at radius 3 is 3.14 bits per heavy atom. The Hall–Kier alpha value is -1.59. The minimum absolute atomic E-state index is 0.285. The molecular weight excluding hydrogens is 264 g/mol. The second-order valence-corrected chi connectivity index (χ2v) is 5.81. The molecule has 0 amide bonds. The summed E-state index contributed by atoms with van der Waals surface area (Å²) in [5.41, 5.74) is 2.22. The lowest BCUT2D eigenvalue weighted by Crippen LogP contribution is -2.36. The van der Waals surface area contributed by atoms with Gasteiger partial charge in [0, 0.05) is 32.4 Å². The maximum absolute atomic E-state index is 9.18. The van der Waals surface area contributed by atoms with E-state index in [0.717, 1.165) is 37.5 Å². The van der Waals surface area contributed by atoms with Gasteiger partial charge in [0.1, 0.15) is 5.65 Å². The predicted octanol–water partition coefficient (Wildman–Crippen LogP) is 1.65. The Kier molecular flexibility index (Phi) is 4.41. The highest BCUT2D eigenvalue weighted by Gasteiger charge is 2.24. The van der Waals surface area contributed by atoms with Crippen LogP contribution in [0.25, 0.3) is 5.65 Å². The molecule has 5 nitrogen and oxygen atoms in total. The van der Waals surface area contributed by atoms with Crippen molar-refractivity contribution in [2.24, 2.45) is 5.92 Å². The van der Waals surface area contributed by atoms with Gasteiger partial charge in [0.2, 0.25) is 0 Å². The lowest BCUT2D eigenvalue weighted by Gasteiger charge is -2.33. The number of nitrogens with one attached hydrogen (secondary N) is 1. The SMILES string of the molecule is CNCc1c(N2CCCC(CCO)C2)nc2ccccn12. The summed E-state index contributed by atoms with van der Waals surface area (Å²) < 4.78 is 2.17. The summed E-state index contributed by atoms with van der Waals surface area (Å²) in [4.78, 5) is 7.23. The van der Waals surface area contributed by atoms with Gasteiger partial charge in [-0.1, -0.05) is 6.07 Å². The first kappa shape index (κ1) is 14.4. The molecule has 0 radical (unpaired) electrons. The quantitative estimate of drug-likeness (QED) is 0.878. The fourth-order valence-electron chi connectivity index (χ4n) is 3.29. The third-order valence-electron chi connectivity index (χ3n) is 4.31. The van der Waals surface area contributed by atoms with Crippen LogP contribution in [0, 0.1) is 5.92 Å². The Balaban J connectivity index is 1.93. The van der Waals surface area contributed by atoms with Crippen molar-refractivity contribution in [3.8, 4) is 0 Å². The van der Waals surface area contributed by atoms with E-state index in [9.17, 15) is 5.11 Å². The number of aromatic nitrogens is 2. The molecule has 1 saturated heterocycles. The van der Waals surface area contributed by atoms with E-state index in [1.54, 1.807) is 0 Å². The molecule has 5 heteroatoms. The topological polar surface area (TPSA) is 52.8 Å². The van der Waals surface area contributed by atoms with Crippen LogP contribution in [0.3, 0.4) is 0 Å². The summed E-state index contributed by atoms with van der Waals surface area (Å²) in [6.45, 7) is 3.15. The number of piperidine rings is 1. The molecule has 2 aromatic heterocycles. The number of nitrogens with zero attached hydrogens (tertiary/aromatic N) is 3. The van der Waals surface area contributed by atoms with Crippen molar-refractivity contribution < 1.29 is 5.11 Å². The van der Waals surface area contributed by atoms with E-state index in [2.05, 4.69) is 26.9 Å². The van der Waals surface area contributed by atoms with Gasteiger partial charge in [0.05, 0.1) is 5.69 Å². The van der Waals surface area contributed by atoms with Gasteiger partial charge in [-0.15, -0.1) is 0 Å². The second kappa shape index (κ2) is 6.45. The van der Waals surface area contributed by atoms with Gasteiger partial charge >= 0.3 is 0 Å². The van der Waals surface area contributed by atoms with Gasteiger partial charge in [-0.25, -0.2) is 4.98 Å². The zero-order valence-electron chi connectivity index (χ0n) is 12.6. The molecule has 3 heterocycles. The Labute approximate surface area is 125 Å². The largest absolute Gasteiger partial charge is 0.396 e. The molecule has 3 rings (SSSR count). The molecule has 114 valence electrons. The minimum atomic E-state index is 0.285. The van der Waals surface area contributed by atoms with Crippen LogP contribution in [0.15, 0.2) is 24.4 Å². The molecule has 0 bridgehead atoms. The third-order valence-corrected chi connectivity index (χ3v) is 4.31. The highest BCUT2D eigenvalue weighted by Crippen LogP contribution is 2.28. The monoisotopic (exact) mass is 288 g/mol. The van der Waals surface area contributed by atoms with Gasteiger partial charge in [0.15, 0.2) is 5.82 Å². The first-order valence-electron chi connectivity index (χ1n) is 7.80. The number of hydrogen-bond acceptors (Lipinski definition) is 4. The number of pyridine rings is 1. The highest BCUT2D eigenvalue weighted by atomic mass is 16.3. The van der Waals surface area contributed by atoms with Crippen molar-refractivity contribution in [1.29, 1.82) is 0 Å². The second-order valence-electron chi connectivity index (χ2n) is 5.81. The van der Waals surface area contributed by atoms with Crippen LogP contribution in [0.2, 0.25) is 0 Å². The molecule has 1 aliphatic rings. The number of rotatable bonds is 5. The van der Waals surface area contributed by atoms with E-state index >= 15 is 0 Å². The van der Waals surface area contributed by atoms with E-state index in [1.807, 2.05) is 19.2 Å². The summed E-state index contributed by atoms with van der Waals surface area (Å²) in [7, 11) is 1.97. The molecular formula is C16H24N4O. The van der Waals surface area contributed by atoms with Gasteiger partial charge in [0.25, 0.3) is 0 Å². The first-order valence-corrected chi connectivity index (χ1v) is 7.80. The normalized spacial score (nSPS) is 19.3. The molecule has 1 atom stereocenters. The molecule has 1 fully saturated rings. The van der Waals surface area contributed by atoms with Gasteiger partial charge in [-0.3, -0.25) is 0 Å². The van der Waals surface area contributed by atoms with Crippen LogP contribution in [-0.2, 0) is 6.54 Å². The van der Waals surface area contributed by atoms with Crippen LogP contribution in [0.4, 0.5) is 5.82 Å².